The van der Waals surface area contributed by atoms with Crippen LogP contribution in [0, 0.1) is 0 Å². The molecular formula is C11H21NO5. The Morgan fingerprint density at radius 2 is 1.94 bits per heavy atom. The van der Waals surface area contributed by atoms with Crippen molar-refractivity contribution < 1.29 is 24.2 Å². The Kier molecular flexibility index (Phi) is 7.49. The van der Waals surface area contributed by atoms with Crippen LogP contribution in [-0.4, -0.2) is 49.5 Å². The van der Waals surface area contributed by atoms with E-state index < -0.39 is 11.5 Å². The lowest BCUT2D eigenvalue weighted by Crippen LogP contribution is -2.45. The van der Waals surface area contributed by atoms with Crippen LogP contribution < -0.4 is 5.32 Å². The molecule has 0 aliphatic carbocycles. The lowest BCUT2D eigenvalue weighted by molar-refractivity contribution is -0.138. The van der Waals surface area contributed by atoms with E-state index in [1.807, 2.05) is 0 Å². The van der Waals surface area contributed by atoms with Gasteiger partial charge in [-0.3, -0.25) is 9.59 Å². The molecule has 1 amide bonds. The second kappa shape index (κ2) is 8.03. The van der Waals surface area contributed by atoms with Crippen molar-refractivity contribution in [3.8, 4) is 0 Å². The number of hydrogen-bond acceptors (Lipinski definition) is 4. The fourth-order valence-corrected chi connectivity index (χ4v) is 1.20. The van der Waals surface area contributed by atoms with Gasteiger partial charge in [0.25, 0.3) is 0 Å². The van der Waals surface area contributed by atoms with Crippen molar-refractivity contribution in [2.45, 2.75) is 32.2 Å². The zero-order valence-corrected chi connectivity index (χ0v) is 10.6. The minimum atomic E-state index is -0.872. The van der Waals surface area contributed by atoms with Gasteiger partial charge in [-0.2, -0.15) is 0 Å². The number of carboxylic acids is 1. The van der Waals surface area contributed by atoms with Gasteiger partial charge in [-0.1, -0.05) is 0 Å². The van der Waals surface area contributed by atoms with Crippen LogP contribution in [0.2, 0.25) is 0 Å². The highest BCUT2D eigenvalue weighted by molar-refractivity contribution is 5.78. The highest BCUT2D eigenvalue weighted by Crippen LogP contribution is 2.10. The zero-order valence-electron chi connectivity index (χ0n) is 10.6. The van der Waals surface area contributed by atoms with Crippen molar-refractivity contribution in [1.29, 1.82) is 0 Å². The first kappa shape index (κ1) is 15.9. The zero-order chi connectivity index (χ0) is 13.3. The molecule has 0 spiro atoms. The third-order valence-electron chi connectivity index (χ3n) is 2.11. The van der Waals surface area contributed by atoms with E-state index in [9.17, 15) is 9.59 Å². The molecule has 0 aromatic heterocycles. The molecule has 100 valence electrons. The molecule has 0 fully saturated rings. The molecule has 0 radical (unpaired) electrons. The largest absolute Gasteiger partial charge is 0.481 e. The SMILES string of the molecule is COCCOCC(=O)NC(C)(C)CCC(=O)O. The Morgan fingerprint density at radius 1 is 1.29 bits per heavy atom. The van der Waals surface area contributed by atoms with E-state index in [0.29, 0.717) is 19.6 Å². The third-order valence-corrected chi connectivity index (χ3v) is 2.11. The summed E-state index contributed by atoms with van der Waals surface area (Å²) in [5.74, 6) is -1.12. The number of ether oxygens (including phenoxy) is 2. The summed E-state index contributed by atoms with van der Waals surface area (Å²) in [4.78, 5) is 21.9. The molecule has 6 nitrogen and oxygen atoms in total. The molecule has 2 N–H and O–H groups in total. The van der Waals surface area contributed by atoms with Gasteiger partial charge in [0.2, 0.25) is 5.91 Å². The molecular weight excluding hydrogens is 226 g/mol. The average Bonchev–Trinajstić information content (AvgIpc) is 2.21. The topological polar surface area (TPSA) is 84.9 Å². The first-order valence-corrected chi connectivity index (χ1v) is 5.47. The first-order chi connectivity index (χ1) is 7.87. The van der Waals surface area contributed by atoms with Gasteiger partial charge in [0.1, 0.15) is 6.61 Å². The van der Waals surface area contributed by atoms with Gasteiger partial charge in [0, 0.05) is 19.1 Å². The summed E-state index contributed by atoms with van der Waals surface area (Å²) in [6, 6.07) is 0. The van der Waals surface area contributed by atoms with Gasteiger partial charge >= 0.3 is 5.97 Å². The fraction of sp³-hybridized carbons (Fsp3) is 0.818. The number of aliphatic carboxylic acids is 1. The van der Waals surface area contributed by atoms with Crippen LogP contribution >= 0.6 is 0 Å². The number of carboxylic acid groups (broad SMARTS) is 1. The lowest BCUT2D eigenvalue weighted by atomic mass is 9.98. The van der Waals surface area contributed by atoms with Crippen LogP contribution in [0.3, 0.4) is 0 Å². The number of amides is 1. The number of hydrogen-bond donors (Lipinski definition) is 2. The summed E-state index contributed by atoms with van der Waals surface area (Å²) in [6.45, 7) is 4.32. The summed E-state index contributed by atoms with van der Waals surface area (Å²) in [6.07, 6.45) is 0.407. The summed E-state index contributed by atoms with van der Waals surface area (Å²) in [5, 5.41) is 11.3. The van der Waals surface area contributed by atoms with Crippen molar-refractivity contribution in [3.05, 3.63) is 0 Å². The van der Waals surface area contributed by atoms with Crippen LogP contribution in [0.5, 0.6) is 0 Å². The molecule has 17 heavy (non-hydrogen) atoms. The average molecular weight is 247 g/mol. The Balaban J connectivity index is 3.80. The predicted octanol–water partition coefficient (Wildman–Crippen LogP) is 0.409. The molecule has 6 heteroatoms. The monoisotopic (exact) mass is 247 g/mol. The number of nitrogens with one attached hydrogen (secondary N) is 1. The van der Waals surface area contributed by atoms with Crippen LogP contribution in [0.15, 0.2) is 0 Å². The predicted molar refractivity (Wildman–Crippen MR) is 61.8 cm³/mol. The van der Waals surface area contributed by atoms with Gasteiger partial charge in [-0.25, -0.2) is 0 Å². The van der Waals surface area contributed by atoms with Gasteiger partial charge in [-0.15, -0.1) is 0 Å². The van der Waals surface area contributed by atoms with Crippen LogP contribution in [-0.2, 0) is 19.1 Å². The standard InChI is InChI=1S/C11H21NO5/c1-11(2,5-4-10(14)15)12-9(13)8-17-7-6-16-3/h4-8H2,1-3H3,(H,12,13)(H,14,15). The molecule has 0 aliphatic rings. The second-order valence-corrected chi connectivity index (χ2v) is 4.37. The number of carbonyl (C=O) groups is 2. The van der Waals surface area contributed by atoms with E-state index in [2.05, 4.69) is 5.32 Å². The van der Waals surface area contributed by atoms with Crippen LogP contribution in [0.4, 0.5) is 0 Å². The molecule has 0 unspecified atom stereocenters. The molecule has 0 aromatic carbocycles. The third kappa shape index (κ3) is 9.77. The van der Waals surface area contributed by atoms with Crippen molar-refractivity contribution in [3.63, 3.8) is 0 Å². The summed E-state index contributed by atoms with van der Waals surface area (Å²) in [7, 11) is 1.55. The molecule has 0 atom stereocenters. The molecule has 0 aromatic rings. The van der Waals surface area contributed by atoms with Crippen LogP contribution in [0.25, 0.3) is 0 Å². The molecule has 0 bridgehead atoms. The Hall–Kier alpha value is -1.14. The number of methoxy groups -OCH3 is 1. The van der Waals surface area contributed by atoms with Gasteiger partial charge < -0.3 is 19.9 Å². The normalized spacial score (nSPS) is 11.2. The van der Waals surface area contributed by atoms with E-state index in [1.165, 1.54) is 0 Å². The van der Waals surface area contributed by atoms with Crippen molar-refractivity contribution in [2.75, 3.05) is 26.9 Å². The highest BCUT2D eigenvalue weighted by Gasteiger charge is 2.21. The fourth-order valence-electron chi connectivity index (χ4n) is 1.20. The van der Waals surface area contributed by atoms with Crippen molar-refractivity contribution in [1.82, 2.24) is 5.32 Å². The van der Waals surface area contributed by atoms with Crippen molar-refractivity contribution >= 4 is 11.9 Å². The Bertz CT molecular complexity index is 252. The highest BCUT2D eigenvalue weighted by atomic mass is 16.5. The minimum absolute atomic E-state index is 0.0256. The van der Waals surface area contributed by atoms with Gasteiger partial charge in [-0.05, 0) is 20.3 Å². The van der Waals surface area contributed by atoms with Gasteiger partial charge in [0.15, 0.2) is 0 Å². The maximum Gasteiger partial charge on any atom is 0.303 e. The lowest BCUT2D eigenvalue weighted by Gasteiger charge is -2.25. The summed E-state index contributed by atoms with van der Waals surface area (Å²) < 4.78 is 9.82. The van der Waals surface area contributed by atoms with E-state index in [0.717, 1.165) is 0 Å². The second-order valence-electron chi connectivity index (χ2n) is 4.37. The summed E-state index contributed by atoms with van der Waals surface area (Å²) in [5.41, 5.74) is -0.542. The van der Waals surface area contributed by atoms with E-state index in [4.69, 9.17) is 14.6 Å². The maximum atomic E-state index is 11.4. The van der Waals surface area contributed by atoms with Crippen LogP contribution in [0.1, 0.15) is 26.7 Å². The quantitative estimate of drug-likeness (QED) is 0.576. The maximum absolute atomic E-state index is 11.4. The minimum Gasteiger partial charge on any atom is -0.481 e. The summed E-state index contributed by atoms with van der Waals surface area (Å²) >= 11 is 0. The first-order valence-electron chi connectivity index (χ1n) is 5.47. The van der Waals surface area contributed by atoms with E-state index in [1.54, 1.807) is 21.0 Å². The molecule has 0 heterocycles. The van der Waals surface area contributed by atoms with E-state index in [-0.39, 0.29) is 18.9 Å². The Morgan fingerprint density at radius 3 is 2.47 bits per heavy atom. The molecule has 0 saturated carbocycles. The number of carbonyl (C=O) groups excluding carboxylic acids is 1. The van der Waals surface area contributed by atoms with Gasteiger partial charge in [0.05, 0.1) is 13.2 Å². The molecule has 0 rings (SSSR count). The Labute approximate surface area is 101 Å². The van der Waals surface area contributed by atoms with E-state index >= 15 is 0 Å². The molecule has 0 saturated heterocycles. The van der Waals surface area contributed by atoms with Crippen molar-refractivity contribution in [2.24, 2.45) is 0 Å². The molecule has 0 aliphatic heterocycles. The number of rotatable bonds is 9. The smallest absolute Gasteiger partial charge is 0.303 e.